The zero-order chi connectivity index (χ0) is 18.2. The first kappa shape index (κ1) is 17.1. The molecule has 0 radical (unpaired) electrons. The normalized spacial score (nSPS) is 19.4. The third-order valence-corrected chi connectivity index (χ3v) is 6.53. The number of fused-ring (bicyclic) bond motifs is 1. The van der Waals surface area contributed by atoms with Gasteiger partial charge in [0.05, 0.1) is 10.7 Å². The Morgan fingerprint density at radius 1 is 1.07 bits per heavy atom. The second-order valence-electron chi connectivity index (χ2n) is 7.62. The minimum atomic E-state index is 0.426. The fourth-order valence-corrected chi connectivity index (χ4v) is 4.83. The lowest BCUT2D eigenvalue weighted by molar-refractivity contribution is 0.199. The first-order valence-electron chi connectivity index (χ1n) is 9.87. The third kappa shape index (κ3) is 3.43. The van der Waals surface area contributed by atoms with Crippen LogP contribution in [0.2, 0.25) is 0 Å². The number of hydrogen-bond donors (Lipinski definition) is 0. The van der Waals surface area contributed by atoms with Crippen molar-refractivity contribution in [1.82, 2.24) is 29.7 Å². The third-order valence-electron chi connectivity index (χ3n) is 5.71. The fraction of sp³-hybridized carbons (Fsp3) is 0.579. The summed E-state index contributed by atoms with van der Waals surface area (Å²) in [6.07, 6.45) is 4.70. The van der Waals surface area contributed by atoms with Crippen molar-refractivity contribution in [2.75, 3.05) is 31.1 Å². The summed E-state index contributed by atoms with van der Waals surface area (Å²) in [7, 11) is 0. The molecule has 2 saturated heterocycles. The molecule has 2 fully saturated rings. The van der Waals surface area contributed by atoms with E-state index < -0.39 is 0 Å². The summed E-state index contributed by atoms with van der Waals surface area (Å²) in [5.74, 6) is 2.50. The van der Waals surface area contributed by atoms with Crippen molar-refractivity contribution in [2.45, 2.75) is 45.1 Å². The van der Waals surface area contributed by atoms with Crippen molar-refractivity contribution in [3.05, 3.63) is 34.0 Å². The summed E-state index contributed by atoms with van der Waals surface area (Å²) in [6, 6.07) is 4.13. The number of nitrogens with zero attached hydrogens (tertiary/aromatic N) is 7. The average Bonchev–Trinajstić information content (AvgIpc) is 3.43. The van der Waals surface area contributed by atoms with Gasteiger partial charge in [-0.05, 0) is 57.8 Å². The van der Waals surface area contributed by atoms with Gasteiger partial charge in [-0.3, -0.25) is 4.90 Å². The maximum absolute atomic E-state index is 4.88. The van der Waals surface area contributed by atoms with Gasteiger partial charge >= 0.3 is 0 Å². The van der Waals surface area contributed by atoms with Crippen LogP contribution in [0.15, 0.2) is 17.5 Å². The molecule has 5 rings (SSSR count). The van der Waals surface area contributed by atoms with Crippen molar-refractivity contribution < 1.29 is 0 Å². The average molecular weight is 384 g/mol. The first-order valence-corrected chi connectivity index (χ1v) is 10.7. The number of aryl methyl sites for hydroxylation is 1. The number of thiazole rings is 1. The van der Waals surface area contributed by atoms with E-state index in [0.29, 0.717) is 5.92 Å². The van der Waals surface area contributed by atoms with Crippen LogP contribution >= 0.6 is 11.3 Å². The van der Waals surface area contributed by atoms with Gasteiger partial charge in [-0.15, -0.1) is 26.6 Å². The van der Waals surface area contributed by atoms with Crippen LogP contribution in [0, 0.1) is 6.92 Å². The Morgan fingerprint density at radius 2 is 1.89 bits per heavy atom. The molecule has 0 N–H and O–H groups in total. The summed E-state index contributed by atoms with van der Waals surface area (Å²) in [4.78, 5) is 9.46. The Balaban J connectivity index is 1.30. The summed E-state index contributed by atoms with van der Waals surface area (Å²) >= 11 is 1.73. The van der Waals surface area contributed by atoms with Crippen molar-refractivity contribution in [3.63, 3.8) is 0 Å². The Kier molecular flexibility index (Phi) is 4.53. The van der Waals surface area contributed by atoms with Crippen LogP contribution in [0.5, 0.6) is 0 Å². The minimum absolute atomic E-state index is 0.426. The molecule has 7 nitrogen and oxygen atoms in total. The molecule has 0 saturated carbocycles. The summed E-state index contributed by atoms with van der Waals surface area (Å²) in [6.45, 7) is 7.37. The second-order valence-corrected chi connectivity index (χ2v) is 8.68. The smallest absolute Gasteiger partial charge is 0.178 e. The van der Waals surface area contributed by atoms with Crippen LogP contribution in [0.25, 0.3) is 5.65 Å². The van der Waals surface area contributed by atoms with E-state index in [0.717, 1.165) is 67.9 Å². The highest BCUT2D eigenvalue weighted by molar-refractivity contribution is 7.09. The summed E-state index contributed by atoms with van der Waals surface area (Å²) < 4.78 is 1.98. The van der Waals surface area contributed by atoms with E-state index in [-0.39, 0.29) is 0 Å². The molecule has 0 aliphatic carbocycles. The molecule has 2 aliphatic heterocycles. The van der Waals surface area contributed by atoms with Crippen molar-refractivity contribution in [1.29, 1.82) is 0 Å². The van der Waals surface area contributed by atoms with Crippen LogP contribution in [-0.2, 0) is 6.54 Å². The Morgan fingerprint density at radius 3 is 2.63 bits per heavy atom. The maximum Gasteiger partial charge on any atom is 0.178 e. The monoisotopic (exact) mass is 383 g/mol. The molecule has 0 atom stereocenters. The van der Waals surface area contributed by atoms with E-state index in [9.17, 15) is 0 Å². The van der Waals surface area contributed by atoms with E-state index in [4.69, 9.17) is 5.10 Å². The molecule has 2 aliphatic rings. The Labute approximate surface area is 163 Å². The lowest BCUT2D eigenvalue weighted by Gasteiger charge is -2.30. The molecule has 0 amide bonds. The van der Waals surface area contributed by atoms with E-state index in [1.165, 1.54) is 18.5 Å². The van der Waals surface area contributed by atoms with Crippen LogP contribution in [0.4, 0.5) is 5.82 Å². The van der Waals surface area contributed by atoms with E-state index in [1.54, 1.807) is 11.3 Å². The molecule has 0 bridgehead atoms. The number of anilines is 1. The zero-order valence-corrected chi connectivity index (χ0v) is 16.5. The molecule has 3 aromatic rings. The summed E-state index contributed by atoms with van der Waals surface area (Å²) in [5.41, 5.74) is 2.05. The highest BCUT2D eigenvalue weighted by Crippen LogP contribution is 2.28. The summed E-state index contributed by atoms with van der Waals surface area (Å²) in [5, 5.41) is 17.1. The second kappa shape index (κ2) is 7.16. The molecule has 0 spiro atoms. The Hall–Kier alpha value is -2.06. The predicted octanol–water partition coefficient (Wildman–Crippen LogP) is 2.87. The van der Waals surface area contributed by atoms with Crippen molar-refractivity contribution >= 4 is 22.8 Å². The first-order chi connectivity index (χ1) is 13.3. The topological polar surface area (TPSA) is 62.5 Å². The van der Waals surface area contributed by atoms with Gasteiger partial charge in [-0.25, -0.2) is 4.98 Å². The predicted molar refractivity (Wildman–Crippen MR) is 106 cm³/mol. The molecular formula is C19H25N7S. The van der Waals surface area contributed by atoms with Crippen LogP contribution in [-0.4, -0.2) is 55.9 Å². The van der Waals surface area contributed by atoms with Crippen molar-refractivity contribution in [3.8, 4) is 0 Å². The van der Waals surface area contributed by atoms with E-state index >= 15 is 0 Å². The van der Waals surface area contributed by atoms with Gasteiger partial charge in [0.25, 0.3) is 0 Å². The van der Waals surface area contributed by atoms with E-state index in [2.05, 4.69) is 49.4 Å². The number of aromatic nitrogens is 5. The van der Waals surface area contributed by atoms with Gasteiger partial charge < -0.3 is 4.90 Å². The fourth-order valence-electron chi connectivity index (χ4n) is 4.22. The van der Waals surface area contributed by atoms with Crippen LogP contribution in [0.1, 0.15) is 48.1 Å². The minimum Gasteiger partial charge on any atom is -0.355 e. The molecule has 27 heavy (non-hydrogen) atoms. The van der Waals surface area contributed by atoms with Crippen LogP contribution < -0.4 is 4.90 Å². The van der Waals surface area contributed by atoms with Crippen molar-refractivity contribution in [2.24, 2.45) is 0 Å². The maximum atomic E-state index is 4.88. The molecule has 0 aromatic carbocycles. The van der Waals surface area contributed by atoms with Gasteiger partial charge in [0.15, 0.2) is 11.5 Å². The lowest BCUT2D eigenvalue weighted by atomic mass is 9.96. The number of rotatable bonds is 4. The molecule has 0 unspecified atom stereocenters. The highest BCUT2D eigenvalue weighted by atomic mass is 32.1. The van der Waals surface area contributed by atoms with Gasteiger partial charge in [0, 0.05) is 30.9 Å². The molecule has 5 heterocycles. The number of hydrogen-bond acceptors (Lipinski definition) is 7. The Bertz CT molecular complexity index is 919. The van der Waals surface area contributed by atoms with Crippen LogP contribution in [0.3, 0.4) is 0 Å². The molecule has 3 aromatic heterocycles. The zero-order valence-electron chi connectivity index (χ0n) is 15.7. The highest BCUT2D eigenvalue weighted by Gasteiger charge is 2.26. The van der Waals surface area contributed by atoms with Gasteiger partial charge in [0.1, 0.15) is 5.82 Å². The number of likely N-dealkylation sites (tertiary alicyclic amines) is 1. The lowest BCUT2D eigenvalue weighted by Crippen LogP contribution is -2.33. The van der Waals surface area contributed by atoms with Gasteiger partial charge in [-0.2, -0.15) is 4.52 Å². The molecule has 8 heteroatoms. The largest absolute Gasteiger partial charge is 0.355 e. The van der Waals surface area contributed by atoms with Gasteiger partial charge in [-0.1, -0.05) is 0 Å². The van der Waals surface area contributed by atoms with E-state index in [1.807, 2.05) is 4.52 Å². The molecular weight excluding hydrogens is 358 g/mol. The standard InChI is InChI=1S/C19H25N7S/c1-14-20-16(13-27-14)12-24-10-6-15(7-11-24)19-22-21-17-4-5-18(23-26(17)19)25-8-2-3-9-25/h4-5,13,15H,2-3,6-12H2,1H3. The van der Waals surface area contributed by atoms with Gasteiger partial charge in [0.2, 0.25) is 0 Å². The number of piperidine rings is 1. The molecule has 142 valence electrons. The SMILES string of the molecule is Cc1nc(CN2CCC(c3nnc4ccc(N5CCCC5)nn34)CC2)cs1. The quantitative estimate of drug-likeness (QED) is 0.690.